The smallest absolute Gasteiger partial charge is 0.444 e. The lowest BCUT2D eigenvalue weighted by molar-refractivity contribution is -0.285. The van der Waals surface area contributed by atoms with Crippen LogP contribution in [-0.2, 0) is 4.74 Å². The number of carbonyl (C=O) groups is 1. The van der Waals surface area contributed by atoms with Gasteiger partial charge in [-0.05, 0) is 20.8 Å². The number of halogens is 5. The second kappa shape index (κ2) is 5.89. The molecule has 0 saturated carbocycles. The van der Waals surface area contributed by atoms with Gasteiger partial charge in [0.15, 0.2) is 0 Å². The summed E-state index contributed by atoms with van der Waals surface area (Å²) in [5, 5.41) is 1.89. The lowest BCUT2D eigenvalue weighted by atomic mass is 10.1. The number of ether oxygens (including phenoxy) is 1. The van der Waals surface area contributed by atoms with E-state index in [1.165, 1.54) is 20.8 Å². The first kappa shape index (κ1) is 17.9. The van der Waals surface area contributed by atoms with Gasteiger partial charge in [0.25, 0.3) is 0 Å². The Morgan fingerprint density at radius 3 is 2.00 bits per heavy atom. The van der Waals surface area contributed by atoms with Crippen molar-refractivity contribution >= 4 is 6.09 Å². The fourth-order valence-corrected chi connectivity index (χ4v) is 1.09. The maximum absolute atomic E-state index is 12.8. The number of carbonyl (C=O) groups excluding carboxylic acids is 1. The molecule has 0 aliphatic carbocycles. The highest BCUT2D eigenvalue weighted by molar-refractivity contribution is 5.68. The Morgan fingerprint density at radius 2 is 1.68 bits per heavy atom. The molecule has 0 aliphatic rings. The van der Waals surface area contributed by atoms with E-state index in [1.54, 1.807) is 0 Å². The zero-order valence-corrected chi connectivity index (χ0v) is 10.8. The number of alkyl carbamates (subject to hydrolysis) is 1. The van der Waals surface area contributed by atoms with E-state index in [2.05, 4.69) is 0 Å². The first-order chi connectivity index (χ1) is 8.28. The van der Waals surface area contributed by atoms with Gasteiger partial charge in [-0.2, -0.15) is 22.0 Å². The second-order valence-electron chi connectivity index (χ2n) is 4.99. The van der Waals surface area contributed by atoms with Gasteiger partial charge in [0.2, 0.25) is 0 Å². The Morgan fingerprint density at radius 1 is 1.21 bits per heavy atom. The maximum atomic E-state index is 12.8. The molecule has 114 valence electrons. The van der Waals surface area contributed by atoms with E-state index in [9.17, 15) is 26.7 Å². The molecule has 0 aromatic carbocycles. The van der Waals surface area contributed by atoms with Gasteiger partial charge in [-0.25, -0.2) is 4.79 Å². The van der Waals surface area contributed by atoms with Crippen LogP contribution in [0.2, 0.25) is 0 Å². The summed E-state index contributed by atoms with van der Waals surface area (Å²) >= 11 is 0. The van der Waals surface area contributed by atoms with Crippen molar-refractivity contribution < 1.29 is 31.5 Å². The van der Waals surface area contributed by atoms with Crippen molar-refractivity contribution in [3.8, 4) is 0 Å². The molecule has 0 aliphatic heterocycles. The number of hydrogen-bond donors (Lipinski definition) is 2. The molecule has 0 fully saturated rings. The Hall–Kier alpha value is -1.12. The van der Waals surface area contributed by atoms with Crippen LogP contribution < -0.4 is 11.1 Å². The molecule has 1 amide bonds. The quantitative estimate of drug-likeness (QED) is 0.782. The minimum absolute atomic E-state index is 0.565. The standard InChI is InChI=1S/C10H17F5N2O2/c1-8(2,3)19-7(18)17-6(5-16)4-9(11,12)10(13,14)15/h6H,4-5,16H2,1-3H3,(H,17,18). The number of alkyl halides is 5. The normalized spacial score (nSPS) is 15.0. The topological polar surface area (TPSA) is 64.3 Å². The Labute approximate surface area is 107 Å². The number of nitrogens with one attached hydrogen (secondary N) is 1. The highest BCUT2D eigenvalue weighted by atomic mass is 19.4. The van der Waals surface area contributed by atoms with E-state index in [1.807, 2.05) is 5.32 Å². The molecule has 1 unspecified atom stereocenters. The van der Waals surface area contributed by atoms with Crippen molar-refractivity contribution in [1.82, 2.24) is 5.32 Å². The average molecular weight is 292 g/mol. The maximum Gasteiger partial charge on any atom is 0.453 e. The van der Waals surface area contributed by atoms with Gasteiger partial charge in [-0.1, -0.05) is 0 Å². The first-order valence-electron chi connectivity index (χ1n) is 5.42. The molecule has 4 nitrogen and oxygen atoms in total. The largest absolute Gasteiger partial charge is 0.453 e. The molecule has 0 aromatic rings. The molecule has 0 radical (unpaired) electrons. The zero-order chi connectivity index (χ0) is 15.5. The lowest BCUT2D eigenvalue weighted by Gasteiger charge is -2.26. The minimum atomic E-state index is -5.68. The molecule has 0 spiro atoms. The summed E-state index contributed by atoms with van der Waals surface area (Å²) in [4.78, 5) is 11.2. The van der Waals surface area contributed by atoms with Gasteiger partial charge in [-0.3, -0.25) is 0 Å². The summed E-state index contributed by atoms with van der Waals surface area (Å²) in [6, 6.07) is -1.54. The average Bonchev–Trinajstić information content (AvgIpc) is 2.11. The summed E-state index contributed by atoms with van der Waals surface area (Å²) < 4.78 is 66.3. The summed E-state index contributed by atoms with van der Waals surface area (Å²) in [5.41, 5.74) is 4.17. The summed E-state index contributed by atoms with van der Waals surface area (Å²) in [5.74, 6) is -4.92. The molecule has 0 aromatic heterocycles. The van der Waals surface area contributed by atoms with Gasteiger partial charge in [0, 0.05) is 13.0 Å². The van der Waals surface area contributed by atoms with E-state index in [-0.39, 0.29) is 0 Å². The SMILES string of the molecule is CC(C)(C)OC(=O)NC(CN)CC(F)(F)C(F)(F)F. The molecular weight excluding hydrogens is 275 g/mol. The van der Waals surface area contributed by atoms with Crippen LogP contribution in [0.5, 0.6) is 0 Å². The Bertz CT molecular complexity index is 312. The predicted molar refractivity (Wildman–Crippen MR) is 57.8 cm³/mol. The molecular formula is C10H17F5N2O2. The molecule has 0 saturated heterocycles. The lowest BCUT2D eigenvalue weighted by Crippen LogP contribution is -2.49. The van der Waals surface area contributed by atoms with Crippen LogP contribution in [0.4, 0.5) is 26.7 Å². The van der Waals surface area contributed by atoms with Gasteiger partial charge < -0.3 is 15.8 Å². The van der Waals surface area contributed by atoms with Crippen molar-refractivity contribution in [2.75, 3.05) is 6.54 Å². The van der Waals surface area contributed by atoms with E-state index >= 15 is 0 Å². The van der Waals surface area contributed by atoms with Crippen molar-refractivity contribution in [3.63, 3.8) is 0 Å². The summed E-state index contributed by atoms with van der Waals surface area (Å²) in [7, 11) is 0. The van der Waals surface area contributed by atoms with Crippen molar-refractivity contribution in [3.05, 3.63) is 0 Å². The molecule has 19 heavy (non-hydrogen) atoms. The third-order valence-electron chi connectivity index (χ3n) is 1.92. The minimum Gasteiger partial charge on any atom is -0.444 e. The monoisotopic (exact) mass is 292 g/mol. The molecule has 0 rings (SSSR count). The van der Waals surface area contributed by atoms with Gasteiger partial charge in [0.1, 0.15) is 5.60 Å². The van der Waals surface area contributed by atoms with Crippen molar-refractivity contribution in [2.45, 2.75) is 50.9 Å². The second-order valence-corrected chi connectivity index (χ2v) is 4.99. The van der Waals surface area contributed by atoms with Crippen LogP contribution in [0.1, 0.15) is 27.2 Å². The van der Waals surface area contributed by atoms with Gasteiger partial charge in [0.05, 0.1) is 6.04 Å². The van der Waals surface area contributed by atoms with E-state index in [4.69, 9.17) is 10.5 Å². The van der Waals surface area contributed by atoms with Crippen LogP contribution >= 0.6 is 0 Å². The molecule has 0 bridgehead atoms. The third kappa shape index (κ3) is 6.55. The number of rotatable bonds is 4. The summed E-state index contributed by atoms with van der Waals surface area (Å²) in [6.45, 7) is 4.00. The van der Waals surface area contributed by atoms with Crippen molar-refractivity contribution in [2.24, 2.45) is 5.73 Å². The van der Waals surface area contributed by atoms with Crippen LogP contribution in [0.3, 0.4) is 0 Å². The zero-order valence-electron chi connectivity index (χ0n) is 10.8. The highest BCUT2D eigenvalue weighted by Gasteiger charge is 2.58. The van der Waals surface area contributed by atoms with E-state index in [0.29, 0.717) is 0 Å². The van der Waals surface area contributed by atoms with Gasteiger partial charge in [-0.15, -0.1) is 0 Å². The molecule has 9 heteroatoms. The van der Waals surface area contributed by atoms with E-state index in [0.717, 1.165) is 0 Å². The van der Waals surface area contributed by atoms with Crippen LogP contribution in [0, 0.1) is 0 Å². The van der Waals surface area contributed by atoms with Gasteiger partial charge >= 0.3 is 18.2 Å². The first-order valence-corrected chi connectivity index (χ1v) is 5.42. The Balaban J connectivity index is 4.58. The number of hydrogen-bond acceptors (Lipinski definition) is 3. The van der Waals surface area contributed by atoms with Crippen LogP contribution in [0.25, 0.3) is 0 Å². The van der Waals surface area contributed by atoms with Crippen molar-refractivity contribution in [1.29, 1.82) is 0 Å². The Kier molecular flexibility index (Phi) is 5.54. The highest BCUT2D eigenvalue weighted by Crippen LogP contribution is 2.38. The predicted octanol–water partition coefficient (Wildman–Crippen LogP) is 2.43. The van der Waals surface area contributed by atoms with Crippen LogP contribution in [-0.4, -0.2) is 36.4 Å². The van der Waals surface area contributed by atoms with E-state index < -0.39 is 42.8 Å². The summed E-state index contributed by atoms with van der Waals surface area (Å²) in [6.07, 6.45) is -8.41. The third-order valence-corrected chi connectivity index (χ3v) is 1.92. The molecule has 0 heterocycles. The number of nitrogens with two attached hydrogens (primary N) is 1. The number of amides is 1. The molecule has 1 atom stereocenters. The fourth-order valence-electron chi connectivity index (χ4n) is 1.09. The fraction of sp³-hybridized carbons (Fsp3) is 0.900. The molecule has 3 N–H and O–H groups in total. The van der Waals surface area contributed by atoms with Crippen LogP contribution in [0.15, 0.2) is 0 Å².